The molecule has 1 atom stereocenters. The van der Waals surface area contributed by atoms with Gasteiger partial charge in [0, 0.05) is 44.7 Å². The fourth-order valence-corrected chi connectivity index (χ4v) is 3.02. The number of rotatable bonds is 8. The minimum Gasteiger partial charge on any atom is -0.385 e. The summed E-state index contributed by atoms with van der Waals surface area (Å²) < 4.78 is 5.01. The van der Waals surface area contributed by atoms with Gasteiger partial charge in [0.15, 0.2) is 0 Å². The van der Waals surface area contributed by atoms with E-state index in [9.17, 15) is 9.59 Å². The van der Waals surface area contributed by atoms with Crippen LogP contribution in [0.15, 0.2) is 18.2 Å². The molecule has 1 aromatic carbocycles. The van der Waals surface area contributed by atoms with Crippen molar-refractivity contribution in [2.45, 2.75) is 38.0 Å². The van der Waals surface area contributed by atoms with Gasteiger partial charge in [0.25, 0.3) is 5.91 Å². The van der Waals surface area contributed by atoms with Gasteiger partial charge in [-0.2, -0.15) is 0 Å². The Labute approximate surface area is 160 Å². The number of alkyl halides is 1. The third-order valence-electron chi connectivity index (χ3n) is 4.38. The fourth-order valence-electron chi connectivity index (χ4n) is 2.96. The minimum atomic E-state index is -0.636. The molecule has 1 saturated heterocycles. The number of amides is 2. The molecule has 0 radical (unpaired) electrons. The summed E-state index contributed by atoms with van der Waals surface area (Å²) in [7, 11) is 1.64. The van der Waals surface area contributed by atoms with Crippen LogP contribution >= 0.6 is 11.6 Å². The number of nitrogens with one attached hydrogen (secondary N) is 2. The van der Waals surface area contributed by atoms with Gasteiger partial charge in [0.2, 0.25) is 5.91 Å². The van der Waals surface area contributed by atoms with Gasteiger partial charge in [-0.1, -0.05) is 0 Å². The number of carbonyl (C=O) groups excluding carboxylic acids is 2. The lowest BCUT2D eigenvalue weighted by atomic mass is 10.1. The smallest absolute Gasteiger partial charge is 0.253 e. The van der Waals surface area contributed by atoms with Crippen LogP contribution in [-0.2, 0) is 9.53 Å². The molecule has 0 aromatic heterocycles. The zero-order chi connectivity index (χ0) is 18.9. The zero-order valence-corrected chi connectivity index (χ0v) is 16.3. The predicted molar refractivity (Wildman–Crippen MR) is 105 cm³/mol. The molecular formula is C19H28ClN3O3. The summed E-state index contributed by atoms with van der Waals surface area (Å²) in [4.78, 5) is 26.8. The second-order valence-electron chi connectivity index (χ2n) is 6.49. The van der Waals surface area contributed by atoms with Crippen molar-refractivity contribution in [2.24, 2.45) is 0 Å². The van der Waals surface area contributed by atoms with Crippen molar-refractivity contribution in [3.05, 3.63) is 23.8 Å². The van der Waals surface area contributed by atoms with Crippen molar-refractivity contribution in [2.75, 3.05) is 43.6 Å². The highest BCUT2D eigenvalue weighted by Crippen LogP contribution is 2.27. The van der Waals surface area contributed by atoms with Crippen molar-refractivity contribution in [1.82, 2.24) is 5.32 Å². The molecule has 1 unspecified atom stereocenters. The van der Waals surface area contributed by atoms with Crippen molar-refractivity contribution >= 4 is 34.8 Å². The highest BCUT2D eigenvalue weighted by Gasteiger charge is 2.20. The van der Waals surface area contributed by atoms with E-state index in [0.29, 0.717) is 24.4 Å². The molecule has 6 nitrogen and oxygen atoms in total. The number of ether oxygens (including phenoxy) is 1. The Hall–Kier alpha value is -1.79. The van der Waals surface area contributed by atoms with Gasteiger partial charge in [0.1, 0.15) is 5.38 Å². The Balaban J connectivity index is 2.20. The van der Waals surface area contributed by atoms with Gasteiger partial charge in [0.05, 0.1) is 5.56 Å². The largest absolute Gasteiger partial charge is 0.385 e. The van der Waals surface area contributed by atoms with Gasteiger partial charge < -0.3 is 20.3 Å². The van der Waals surface area contributed by atoms with E-state index in [-0.39, 0.29) is 11.8 Å². The molecule has 1 heterocycles. The number of hydrogen-bond acceptors (Lipinski definition) is 4. The van der Waals surface area contributed by atoms with Gasteiger partial charge in [-0.3, -0.25) is 9.59 Å². The van der Waals surface area contributed by atoms with Gasteiger partial charge >= 0.3 is 0 Å². The number of methoxy groups -OCH3 is 1. The summed E-state index contributed by atoms with van der Waals surface area (Å²) in [6, 6.07) is 5.46. The lowest BCUT2D eigenvalue weighted by molar-refractivity contribution is -0.115. The van der Waals surface area contributed by atoms with Crippen LogP contribution in [0.25, 0.3) is 0 Å². The van der Waals surface area contributed by atoms with Crippen LogP contribution in [0.1, 0.15) is 43.0 Å². The molecule has 1 aromatic rings. The third-order valence-corrected chi connectivity index (χ3v) is 4.58. The first-order chi connectivity index (χ1) is 12.5. The average molecular weight is 382 g/mol. The zero-order valence-electron chi connectivity index (χ0n) is 15.5. The Morgan fingerprint density at radius 2 is 2.00 bits per heavy atom. The van der Waals surface area contributed by atoms with E-state index in [1.807, 2.05) is 12.1 Å². The lowest BCUT2D eigenvalue weighted by Gasteiger charge is -2.30. The predicted octanol–water partition coefficient (Wildman–Crippen LogP) is 3.01. The van der Waals surface area contributed by atoms with Crippen molar-refractivity contribution < 1.29 is 14.3 Å². The van der Waals surface area contributed by atoms with E-state index in [0.717, 1.165) is 38.0 Å². The summed E-state index contributed by atoms with van der Waals surface area (Å²) in [6.45, 7) is 4.63. The third kappa shape index (κ3) is 5.88. The number of halogens is 1. The summed E-state index contributed by atoms with van der Waals surface area (Å²) in [5, 5.41) is 5.05. The van der Waals surface area contributed by atoms with Crippen molar-refractivity contribution in [1.29, 1.82) is 0 Å². The molecule has 1 aliphatic heterocycles. The van der Waals surface area contributed by atoms with E-state index in [4.69, 9.17) is 16.3 Å². The number of anilines is 2. The van der Waals surface area contributed by atoms with Crippen LogP contribution in [0.4, 0.5) is 11.4 Å². The molecule has 7 heteroatoms. The normalized spacial score (nSPS) is 15.4. The number of benzene rings is 1. The molecular weight excluding hydrogens is 354 g/mol. The maximum atomic E-state index is 12.7. The highest BCUT2D eigenvalue weighted by atomic mass is 35.5. The van der Waals surface area contributed by atoms with E-state index in [1.165, 1.54) is 6.42 Å². The maximum Gasteiger partial charge on any atom is 0.253 e. The van der Waals surface area contributed by atoms with Crippen LogP contribution in [0.5, 0.6) is 0 Å². The average Bonchev–Trinajstić information content (AvgIpc) is 2.65. The summed E-state index contributed by atoms with van der Waals surface area (Å²) >= 11 is 5.82. The second kappa shape index (κ2) is 10.4. The Bertz CT molecular complexity index is 616. The van der Waals surface area contributed by atoms with Crippen LogP contribution in [-0.4, -0.2) is 50.5 Å². The Morgan fingerprint density at radius 1 is 1.27 bits per heavy atom. The molecule has 0 saturated carbocycles. The second-order valence-corrected chi connectivity index (χ2v) is 7.14. The van der Waals surface area contributed by atoms with Crippen LogP contribution < -0.4 is 15.5 Å². The molecule has 2 amide bonds. The van der Waals surface area contributed by atoms with Gasteiger partial charge in [-0.15, -0.1) is 11.6 Å². The number of carbonyl (C=O) groups is 2. The quantitative estimate of drug-likeness (QED) is 0.536. The molecule has 0 bridgehead atoms. The first kappa shape index (κ1) is 20.5. The van der Waals surface area contributed by atoms with Crippen LogP contribution in [0.2, 0.25) is 0 Å². The fraction of sp³-hybridized carbons (Fsp3) is 0.579. The molecule has 0 aliphatic carbocycles. The monoisotopic (exact) mass is 381 g/mol. The molecule has 1 aliphatic rings. The number of piperidine rings is 1. The molecule has 2 rings (SSSR count). The first-order valence-electron chi connectivity index (χ1n) is 9.14. The van der Waals surface area contributed by atoms with Crippen molar-refractivity contribution in [3.63, 3.8) is 0 Å². The van der Waals surface area contributed by atoms with Crippen molar-refractivity contribution in [3.8, 4) is 0 Å². The number of nitrogens with zero attached hydrogens (tertiary/aromatic N) is 1. The highest BCUT2D eigenvalue weighted by molar-refractivity contribution is 6.32. The molecule has 1 fully saturated rings. The summed E-state index contributed by atoms with van der Waals surface area (Å²) in [6.07, 6.45) is 4.21. The standard InChI is InChI=1S/C19H28ClN3O3/c1-14(20)18(24)22-15-7-8-17(23-10-4-3-5-11-23)16(13-15)19(25)21-9-6-12-26-2/h7-8,13-14H,3-6,9-12H2,1-2H3,(H,21,25)(H,22,24). The minimum absolute atomic E-state index is 0.142. The lowest BCUT2D eigenvalue weighted by Crippen LogP contribution is -2.33. The maximum absolute atomic E-state index is 12.7. The summed E-state index contributed by atoms with van der Waals surface area (Å²) in [5.74, 6) is -0.430. The van der Waals surface area contributed by atoms with E-state index in [1.54, 1.807) is 20.1 Å². The van der Waals surface area contributed by atoms with E-state index in [2.05, 4.69) is 15.5 Å². The SMILES string of the molecule is COCCCNC(=O)c1cc(NC(=O)C(C)Cl)ccc1N1CCCCC1. The van der Waals surface area contributed by atoms with E-state index >= 15 is 0 Å². The van der Waals surface area contributed by atoms with E-state index < -0.39 is 5.38 Å². The summed E-state index contributed by atoms with van der Waals surface area (Å²) in [5.41, 5.74) is 2.06. The van der Waals surface area contributed by atoms with Gasteiger partial charge in [-0.25, -0.2) is 0 Å². The van der Waals surface area contributed by atoms with Crippen LogP contribution in [0, 0.1) is 0 Å². The number of hydrogen-bond donors (Lipinski definition) is 2. The Morgan fingerprint density at radius 3 is 2.65 bits per heavy atom. The molecule has 2 N–H and O–H groups in total. The molecule has 26 heavy (non-hydrogen) atoms. The van der Waals surface area contributed by atoms with Crippen LogP contribution in [0.3, 0.4) is 0 Å². The first-order valence-corrected chi connectivity index (χ1v) is 9.57. The Kier molecular flexibility index (Phi) is 8.19. The molecule has 0 spiro atoms. The topological polar surface area (TPSA) is 70.7 Å². The molecule has 144 valence electrons. The van der Waals surface area contributed by atoms with Gasteiger partial charge in [-0.05, 0) is 50.8 Å².